The van der Waals surface area contributed by atoms with E-state index in [9.17, 15) is 10.1 Å². The van der Waals surface area contributed by atoms with Gasteiger partial charge in [0.15, 0.2) is 0 Å². The van der Waals surface area contributed by atoms with Gasteiger partial charge in [0.05, 0.1) is 4.92 Å². The zero-order chi connectivity index (χ0) is 15.4. The molecular formula is C13H14BrN5O2. The van der Waals surface area contributed by atoms with Gasteiger partial charge in [-0.05, 0) is 23.8 Å². The average Bonchev–Trinajstić information content (AvgIpc) is 2.46. The topological polar surface area (TPSA) is 97.3 Å². The van der Waals surface area contributed by atoms with Crippen LogP contribution in [0.15, 0.2) is 40.9 Å². The number of benzene rings is 1. The van der Waals surface area contributed by atoms with Crippen molar-refractivity contribution in [2.24, 2.45) is 5.84 Å². The van der Waals surface area contributed by atoms with Gasteiger partial charge in [0, 0.05) is 24.1 Å². The Morgan fingerprint density at radius 1 is 1.43 bits per heavy atom. The number of rotatable bonds is 5. The number of hydrogen-bond donors (Lipinski definition) is 2. The molecule has 0 radical (unpaired) electrons. The molecule has 0 amide bonds. The van der Waals surface area contributed by atoms with E-state index in [1.54, 1.807) is 11.9 Å². The maximum Gasteiger partial charge on any atom is 0.311 e. The Morgan fingerprint density at radius 3 is 2.81 bits per heavy atom. The van der Waals surface area contributed by atoms with E-state index in [4.69, 9.17) is 5.84 Å². The van der Waals surface area contributed by atoms with Crippen molar-refractivity contribution in [1.29, 1.82) is 0 Å². The number of aromatic nitrogens is 1. The number of anilines is 2. The van der Waals surface area contributed by atoms with Crippen molar-refractivity contribution in [2.75, 3.05) is 17.4 Å². The highest BCUT2D eigenvalue weighted by atomic mass is 79.9. The van der Waals surface area contributed by atoms with E-state index in [0.717, 1.165) is 10.0 Å². The minimum atomic E-state index is -0.458. The molecule has 0 fully saturated rings. The van der Waals surface area contributed by atoms with Crippen LogP contribution in [0, 0.1) is 10.1 Å². The van der Waals surface area contributed by atoms with Crippen LogP contribution in [0.4, 0.5) is 17.3 Å². The smallest absolute Gasteiger partial charge is 0.311 e. The molecule has 0 unspecified atom stereocenters. The fourth-order valence-corrected chi connectivity index (χ4v) is 2.38. The Hall–Kier alpha value is -2.19. The van der Waals surface area contributed by atoms with Gasteiger partial charge in [0.2, 0.25) is 5.82 Å². The van der Waals surface area contributed by atoms with E-state index in [-0.39, 0.29) is 11.5 Å². The number of nitrogen functional groups attached to an aromatic ring is 1. The van der Waals surface area contributed by atoms with Crippen LogP contribution in [-0.4, -0.2) is 17.0 Å². The Morgan fingerprint density at radius 2 is 2.19 bits per heavy atom. The first-order chi connectivity index (χ1) is 10.0. The van der Waals surface area contributed by atoms with Crippen molar-refractivity contribution in [3.8, 4) is 0 Å². The summed E-state index contributed by atoms with van der Waals surface area (Å²) in [4.78, 5) is 16.5. The third-order valence-corrected chi connectivity index (χ3v) is 3.36. The lowest BCUT2D eigenvalue weighted by Crippen LogP contribution is -2.20. The quantitative estimate of drug-likeness (QED) is 0.488. The molecule has 0 spiro atoms. The highest BCUT2D eigenvalue weighted by Crippen LogP contribution is 2.28. The third kappa shape index (κ3) is 3.67. The Balaban J connectivity index is 2.33. The maximum atomic E-state index is 11.1. The van der Waals surface area contributed by atoms with Gasteiger partial charge >= 0.3 is 5.69 Å². The average molecular weight is 352 g/mol. The summed E-state index contributed by atoms with van der Waals surface area (Å²) >= 11 is 3.40. The molecule has 0 aliphatic heterocycles. The monoisotopic (exact) mass is 351 g/mol. The molecule has 0 aliphatic carbocycles. The number of nitro groups is 1. The highest BCUT2D eigenvalue weighted by Gasteiger charge is 2.19. The molecule has 0 saturated carbocycles. The zero-order valence-corrected chi connectivity index (χ0v) is 12.9. The van der Waals surface area contributed by atoms with E-state index in [2.05, 4.69) is 26.3 Å². The van der Waals surface area contributed by atoms with E-state index in [0.29, 0.717) is 12.4 Å². The number of pyridine rings is 1. The van der Waals surface area contributed by atoms with Crippen LogP contribution in [-0.2, 0) is 6.54 Å². The summed E-state index contributed by atoms with van der Waals surface area (Å²) in [7, 11) is 1.75. The lowest BCUT2D eigenvalue weighted by Gasteiger charge is -2.18. The van der Waals surface area contributed by atoms with Crippen molar-refractivity contribution >= 4 is 33.3 Å². The van der Waals surface area contributed by atoms with Crippen LogP contribution in [0.2, 0.25) is 0 Å². The maximum absolute atomic E-state index is 11.1. The molecule has 3 N–H and O–H groups in total. The molecule has 0 saturated heterocycles. The Kier molecular flexibility index (Phi) is 4.71. The van der Waals surface area contributed by atoms with Crippen LogP contribution in [0.3, 0.4) is 0 Å². The molecule has 110 valence electrons. The van der Waals surface area contributed by atoms with Gasteiger partial charge in [-0.1, -0.05) is 28.1 Å². The molecule has 0 aliphatic rings. The molecule has 8 heteroatoms. The largest absolute Gasteiger partial charge is 0.350 e. The van der Waals surface area contributed by atoms with Crippen molar-refractivity contribution < 1.29 is 4.92 Å². The summed E-state index contributed by atoms with van der Waals surface area (Å²) in [6, 6.07) is 10.6. The normalized spacial score (nSPS) is 10.2. The Bertz CT molecular complexity index is 665. The van der Waals surface area contributed by atoms with Gasteiger partial charge in [0.25, 0.3) is 0 Å². The second-order valence-corrected chi connectivity index (χ2v) is 5.34. The molecule has 0 bridgehead atoms. The Labute approximate surface area is 130 Å². The molecule has 2 rings (SSSR count). The fraction of sp³-hybridized carbons (Fsp3) is 0.154. The van der Waals surface area contributed by atoms with Crippen LogP contribution in [0.5, 0.6) is 0 Å². The van der Waals surface area contributed by atoms with Crippen LogP contribution in [0.25, 0.3) is 0 Å². The van der Waals surface area contributed by atoms with Crippen molar-refractivity contribution in [3.63, 3.8) is 0 Å². The molecule has 1 aromatic heterocycles. The SMILES string of the molecule is CN(Cc1cccc(Br)c1)c1nc(NN)ccc1[N+](=O)[O-]. The summed E-state index contributed by atoms with van der Waals surface area (Å²) in [6.07, 6.45) is 0. The summed E-state index contributed by atoms with van der Waals surface area (Å²) < 4.78 is 0.952. The van der Waals surface area contributed by atoms with E-state index < -0.39 is 4.92 Å². The number of halogens is 1. The number of nitrogens with two attached hydrogens (primary N) is 1. The molecule has 2 aromatic rings. The summed E-state index contributed by atoms with van der Waals surface area (Å²) in [5, 5.41) is 11.1. The highest BCUT2D eigenvalue weighted by molar-refractivity contribution is 9.10. The first-order valence-corrected chi connectivity index (χ1v) is 6.88. The van der Waals surface area contributed by atoms with Gasteiger partial charge in [-0.25, -0.2) is 10.8 Å². The van der Waals surface area contributed by atoms with Gasteiger partial charge in [-0.3, -0.25) is 10.1 Å². The van der Waals surface area contributed by atoms with Crippen molar-refractivity contribution in [3.05, 3.63) is 56.5 Å². The first kappa shape index (κ1) is 15.2. The molecule has 1 aromatic carbocycles. The van der Waals surface area contributed by atoms with Gasteiger partial charge in [-0.2, -0.15) is 0 Å². The third-order valence-electron chi connectivity index (χ3n) is 2.87. The van der Waals surface area contributed by atoms with E-state index >= 15 is 0 Å². The van der Waals surface area contributed by atoms with Crippen LogP contribution < -0.4 is 16.2 Å². The standard InChI is InChI=1S/C13H14BrN5O2/c1-18(8-9-3-2-4-10(14)7-9)13-11(19(20)21)5-6-12(16-13)17-15/h2-7H,8,15H2,1H3,(H,16,17). The lowest BCUT2D eigenvalue weighted by atomic mass is 10.2. The van der Waals surface area contributed by atoms with E-state index in [1.807, 2.05) is 24.3 Å². The second-order valence-electron chi connectivity index (χ2n) is 4.43. The number of hydrogen-bond acceptors (Lipinski definition) is 6. The van der Waals surface area contributed by atoms with Gasteiger partial charge < -0.3 is 10.3 Å². The van der Waals surface area contributed by atoms with Crippen LogP contribution in [0.1, 0.15) is 5.56 Å². The predicted molar refractivity (Wildman–Crippen MR) is 85.0 cm³/mol. The lowest BCUT2D eigenvalue weighted by molar-refractivity contribution is -0.384. The first-order valence-electron chi connectivity index (χ1n) is 6.09. The molecule has 7 nitrogen and oxygen atoms in total. The summed E-state index contributed by atoms with van der Waals surface area (Å²) in [6.45, 7) is 0.487. The second kappa shape index (κ2) is 6.51. The zero-order valence-electron chi connectivity index (χ0n) is 11.3. The van der Waals surface area contributed by atoms with Crippen LogP contribution >= 0.6 is 15.9 Å². The van der Waals surface area contributed by atoms with E-state index in [1.165, 1.54) is 12.1 Å². The fourth-order valence-electron chi connectivity index (χ4n) is 1.93. The summed E-state index contributed by atoms with van der Waals surface area (Å²) in [5.41, 5.74) is 3.34. The molecular weight excluding hydrogens is 338 g/mol. The minimum Gasteiger partial charge on any atom is -0.350 e. The number of nitrogens with zero attached hydrogens (tertiary/aromatic N) is 3. The molecule has 21 heavy (non-hydrogen) atoms. The molecule has 1 heterocycles. The van der Waals surface area contributed by atoms with Crippen molar-refractivity contribution in [2.45, 2.75) is 6.54 Å². The molecule has 0 atom stereocenters. The van der Waals surface area contributed by atoms with Gasteiger partial charge in [0.1, 0.15) is 5.82 Å². The van der Waals surface area contributed by atoms with Gasteiger partial charge in [-0.15, -0.1) is 0 Å². The van der Waals surface area contributed by atoms with Crippen molar-refractivity contribution in [1.82, 2.24) is 4.98 Å². The number of nitrogens with one attached hydrogen (secondary N) is 1. The minimum absolute atomic E-state index is 0.0634. The number of hydrazine groups is 1. The predicted octanol–water partition coefficient (Wildman–Crippen LogP) is 2.67. The summed E-state index contributed by atoms with van der Waals surface area (Å²) in [5.74, 6) is 5.94.